The normalized spacial score (nSPS) is 21.3. The second-order valence-electron chi connectivity index (χ2n) is 5.16. The molecule has 0 bridgehead atoms. The maximum absolute atomic E-state index is 5.25. The van der Waals surface area contributed by atoms with Gasteiger partial charge in [-0.3, -0.25) is 0 Å². The third kappa shape index (κ3) is 4.07. The molecule has 2 rings (SSSR count). The van der Waals surface area contributed by atoms with Gasteiger partial charge in [-0.25, -0.2) is 0 Å². The Morgan fingerprint density at radius 3 is 3.11 bits per heavy atom. The van der Waals surface area contributed by atoms with Crippen molar-refractivity contribution in [3.05, 3.63) is 11.7 Å². The van der Waals surface area contributed by atoms with Crippen molar-refractivity contribution in [2.24, 2.45) is 5.92 Å². The quantitative estimate of drug-likeness (QED) is 0.769. The maximum Gasteiger partial charge on any atom is 0.226 e. The van der Waals surface area contributed by atoms with Crippen LogP contribution in [0.3, 0.4) is 0 Å². The molecule has 0 spiro atoms. The molecular weight excluding hydrogens is 230 g/mol. The predicted octanol–water partition coefficient (Wildman–Crippen LogP) is 1.53. The van der Waals surface area contributed by atoms with E-state index in [1.54, 1.807) is 7.11 Å². The van der Waals surface area contributed by atoms with Gasteiger partial charge in [0.1, 0.15) is 0 Å². The first-order valence-corrected chi connectivity index (χ1v) is 6.77. The minimum atomic E-state index is 0.645. The molecule has 0 unspecified atom stereocenters. The van der Waals surface area contributed by atoms with Gasteiger partial charge in [0, 0.05) is 26.5 Å². The number of hydrogen-bond acceptors (Lipinski definition) is 5. The molecule has 2 heterocycles. The van der Waals surface area contributed by atoms with Crippen molar-refractivity contribution in [1.82, 2.24) is 15.0 Å². The number of rotatable bonds is 6. The van der Waals surface area contributed by atoms with Crippen LogP contribution in [-0.2, 0) is 17.6 Å². The van der Waals surface area contributed by atoms with Gasteiger partial charge in [-0.15, -0.1) is 0 Å². The molecule has 18 heavy (non-hydrogen) atoms. The molecular formula is C13H23N3O2. The van der Waals surface area contributed by atoms with Gasteiger partial charge < -0.3 is 14.2 Å². The largest absolute Gasteiger partial charge is 0.384 e. The second kappa shape index (κ2) is 6.85. The van der Waals surface area contributed by atoms with E-state index in [2.05, 4.69) is 22.1 Å². The summed E-state index contributed by atoms with van der Waals surface area (Å²) in [5.74, 6) is 2.31. The Bertz CT molecular complexity index is 354. The average molecular weight is 253 g/mol. The highest BCUT2D eigenvalue weighted by Crippen LogP contribution is 2.20. The molecule has 1 saturated heterocycles. The molecule has 1 aromatic rings. The number of hydrogen-bond donors (Lipinski definition) is 0. The number of ether oxygens (including phenoxy) is 1. The summed E-state index contributed by atoms with van der Waals surface area (Å²) >= 11 is 0. The molecule has 102 valence electrons. The first-order valence-electron chi connectivity index (χ1n) is 6.77. The van der Waals surface area contributed by atoms with Crippen molar-refractivity contribution in [3.8, 4) is 0 Å². The van der Waals surface area contributed by atoms with Crippen molar-refractivity contribution in [2.45, 2.75) is 32.1 Å². The summed E-state index contributed by atoms with van der Waals surface area (Å²) < 4.78 is 10.2. The zero-order valence-electron chi connectivity index (χ0n) is 11.4. The smallest absolute Gasteiger partial charge is 0.226 e. The van der Waals surface area contributed by atoms with E-state index in [-0.39, 0.29) is 0 Å². The molecule has 0 aliphatic carbocycles. The Hall–Kier alpha value is -0.940. The van der Waals surface area contributed by atoms with E-state index in [0.29, 0.717) is 6.61 Å². The number of nitrogens with zero attached hydrogens (tertiary/aromatic N) is 3. The Balaban J connectivity index is 1.74. The molecule has 5 heteroatoms. The molecule has 1 aliphatic heterocycles. The minimum absolute atomic E-state index is 0.645. The van der Waals surface area contributed by atoms with Crippen LogP contribution in [0.4, 0.5) is 0 Å². The van der Waals surface area contributed by atoms with Crippen molar-refractivity contribution in [3.63, 3.8) is 0 Å². The molecule has 0 amide bonds. The van der Waals surface area contributed by atoms with Crippen molar-refractivity contribution >= 4 is 0 Å². The highest BCUT2D eigenvalue weighted by atomic mass is 16.5. The molecule has 1 fully saturated rings. The van der Waals surface area contributed by atoms with Crippen molar-refractivity contribution < 1.29 is 9.26 Å². The topological polar surface area (TPSA) is 51.4 Å². The maximum atomic E-state index is 5.25. The van der Waals surface area contributed by atoms with E-state index in [1.807, 2.05) is 0 Å². The molecule has 1 aliphatic rings. The number of likely N-dealkylation sites (tertiary alicyclic amines) is 1. The van der Waals surface area contributed by atoms with Crippen molar-refractivity contribution in [1.29, 1.82) is 0 Å². The van der Waals surface area contributed by atoms with Gasteiger partial charge in [-0.2, -0.15) is 4.98 Å². The standard InChI is InChI=1S/C13H23N3O2/c1-16-8-3-4-11(10-16)5-6-13-14-12(15-18-13)7-9-17-2/h11H,3-10H2,1-2H3/t11-/m1/s1. The van der Waals surface area contributed by atoms with Crippen LogP contribution in [0.1, 0.15) is 31.0 Å². The lowest BCUT2D eigenvalue weighted by atomic mass is 9.94. The third-order valence-electron chi connectivity index (χ3n) is 3.53. The van der Waals surface area contributed by atoms with Crippen LogP contribution in [0.5, 0.6) is 0 Å². The van der Waals surface area contributed by atoms with Crippen LogP contribution in [-0.4, -0.2) is 48.9 Å². The number of aromatic nitrogens is 2. The molecule has 0 N–H and O–H groups in total. The lowest BCUT2D eigenvalue weighted by molar-refractivity contribution is 0.198. The Labute approximate surface area is 108 Å². The summed E-state index contributed by atoms with van der Waals surface area (Å²) in [6, 6.07) is 0. The van der Waals surface area contributed by atoms with E-state index >= 15 is 0 Å². The predicted molar refractivity (Wildman–Crippen MR) is 68.4 cm³/mol. The zero-order valence-corrected chi connectivity index (χ0v) is 11.4. The Morgan fingerprint density at radius 1 is 1.44 bits per heavy atom. The average Bonchev–Trinajstić information content (AvgIpc) is 2.82. The van der Waals surface area contributed by atoms with E-state index in [4.69, 9.17) is 9.26 Å². The van der Waals surface area contributed by atoms with Gasteiger partial charge in [0.05, 0.1) is 6.61 Å². The Kier molecular flexibility index (Phi) is 5.13. The van der Waals surface area contributed by atoms with Gasteiger partial charge in [0.15, 0.2) is 5.82 Å². The van der Waals surface area contributed by atoms with Gasteiger partial charge in [0.25, 0.3) is 0 Å². The zero-order chi connectivity index (χ0) is 12.8. The van der Waals surface area contributed by atoms with Crippen LogP contribution in [0.15, 0.2) is 4.52 Å². The molecule has 5 nitrogen and oxygen atoms in total. The lowest BCUT2D eigenvalue weighted by Crippen LogP contribution is -2.32. The fourth-order valence-corrected chi connectivity index (χ4v) is 2.52. The number of piperidine rings is 1. The molecule has 0 radical (unpaired) electrons. The molecule has 1 atom stereocenters. The van der Waals surface area contributed by atoms with Gasteiger partial charge in [0.2, 0.25) is 5.89 Å². The van der Waals surface area contributed by atoms with Crippen LogP contribution < -0.4 is 0 Å². The second-order valence-corrected chi connectivity index (χ2v) is 5.16. The van der Waals surface area contributed by atoms with E-state index in [1.165, 1.54) is 25.9 Å². The molecule has 1 aromatic heterocycles. The molecule has 0 saturated carbocycles. The summed E-state index contributed by atoms with van der Waals surface area (Å²) in [6.45, 7) is 3.08. The number of methoxy groups -OCH3 is 1. The monoisotopic (exact) mass is 253 g/mol. The van der Waals surface area contributed by atoms with Crippen molar-refractivity contribution in [2.75, 3.05) is 33.9 Å². The van der Waals surface area contributed by atoms with Crippen LogP contribution >= 0.6 is 0 Å². The highest BCUT2D eigenvalue weighted by Gasteiger charge is 2.18. The summed E-state index contributed by atoms with van der Waals surface area (Å²) in [7, 11) is 3.88. The Morgan fingerprint density at radius 2 is 2.33 bits per heavy atom. The fraction of sp³-hybridized carbons (Fsp3) is 0.846. The summed E-state index contributed by atoms with van der Waals surface area (Å²) in [6.07, 6.45) is 5.42. The van der Waals surface area contributed by atoms with Gasteiger partial charge in [-0.05, 0) is 38.8 Å². The number of aryl methyl sites for hydroxylation is 1. The SMILES string of the molecule is COCCc1noc(CC[C@H]2CCCN(C)C2)n1. The van der Waals surface area contributed by atoms with Crippen LogP contribution in [0, 0.1) is 5.92 Å². The molecule has 0 aromatic carbocycles. The van der Waals surface area contributed by atoms with E-state index in [0.717, 1.165) is 36.9 Å². The minimum Gasteiger partial charge on any atom is -0.384 e. The highest BCUT2D eigenvalue weighted by molar-refractivity contribution is 4.87. The fourth-order valence-electron chi connectivity index (χ4n) is 2.52. The first kappa shape index (κ1) is 13.5. The third-order valence-corrected chi connectivity index (χ3v) is 3.53. The van der Waals surface area contributed by atoms with Gasteiger partial charge in [-0.1, -0.05) is 5.16 Å². The summed E-state index contributed by atoms with van der Waals surface area (Å²) in [5.41, 5.74) is 0. The van der Waals surface area contributed by atoms with Crippen LogP contribution in [0.25, 0.3) is 0 Å². The van der Waals surface area contributed by atoms with Crippen LogP contribution in [0.2, 0.25) is 0 Å². The summed E-state index contributed by atoms with van der Waals surface area (Å²) in [5, 5.41) is 3.96. The lowest BCUT2D eigenvalue weighted by Gasteiger charge is -2.29. The van der Waals surface area contributed by atoms with E-state index < -0.39 is 0 Å². The first-order chi connectivity index (χ1) is 8.78. The van der Waals surface area contributed by atoms with E-state index in [9.17, 15) is 0 Å². The van der Waals surface area contributed by atoms with Gasteiger partial charge >= 0.3 is 0 Å². The summed E-state index contributed by atoms with van der Waals surface area (Å²) in [4.78, 5) is 6.79.